The molecule has 102 valence electrons. The zero-order chi connectivity index (χ0) is 13.9. The van der Waals surface area contributed by atoms with Crippen LogP contribution >= 0.6 is 11.6 Å². The van der Waals surface area contributed by atoms with Gasteiger partial charge in [0, 0.05) is 6.04 Å². The van der Waals surface area contributed by atoms with Gasteiger partial charge in [-0.25, -0.2) is 4.98 Å². The Bertz CT molecular complexity index is 405. The standard InChI is InChI=1S/C12H16ClF3N2/c1-7(2)4-8(3)17-11-6-9(12(14,15)16)5-10(13)18-11/h5-8H,4H2,1-3H3,(H,17,18). The van der Waals surface area contributed by atoms with Gasteiger partial charge in [0.25, 0.3) is 0 Å². The first-order valence-electron chi connectivity index (χ1n) is 5.70. The molecule has 0 fully saturated rings. The summed E-state index contributed by atoms with van der Waals surface area (Å²) in [6.07, 6.45) is -3.57. The predicted octanol–water partition coefficient (Wildman–Crippen LogP) is 4.60. The fourth-order valence-electron chi connectivity index (χ4n) is 1.75. The molecule has 0 radical (unpaired) electrons. The maximum Gasteiger partial charge on any atom is 0.416 e. The highest BCUT2D eigenvalue weighted by molar-refractivity contribution is 6.29. The van der Waals surface area contributed by atoms with E-state index in [1.807, 2.05) is 20.8 Å². The van der Waals surface area contributed by atoms with Gasteiger partial charge in [0.05, 0.1) is 5.56 Å². The number of alkyl halides is 3. The Morgan fingerprint density at radius 1 is 1.28 bits per heavy atom. The van der Waals surface area contributed by atoms with Crippen LogP contribution in [-0.4, -0.2) is 11.0 Å². The van der Waals surface area contributed by atoms with Crippen molar-refractivity contribution in [3.8, 4) is 0 Å². The third-order valence-corrected chi connectivity index (χ3v) is 2.53. The van der Waals surface area contributed by atoms with Crippen LogP contribution in [0.4, 0.5) is 19.0 Å². The largest absolute Gasteiger partial charge is 0.416 e. The van der Waals surface area contributed by atoms with Crippen LogP contribution in [0.25, 0.3) is 0 Å². The lowest BCUT2D eigenvalue weighted by molar-refractivity contribution is -0.137. The van der Waals surface area contributed by atoms with E-state index in [2.05, 4.69) is 10.3 Å². The van der Waals surface area contributed by atoms with Gasteiger partial charge in [-0.3, -0.25) is 0 Å². The van der Waals surface area contributed by atoms with Crippen molar-refractivity contribution in [1.29, 1.82) is 0 Å². The number of anilines is 1. The molecule has 1 unspecified atom stereocenters. The van der Waals surface area contributed by atoms with Crippen LogP contribution in [0.3, 0.4) is 0 Å². The number of nitrogens with one attached hydrogen (secondary N) is 1. The molecule has 0 saturated heterocycles. The second-order valence-corrected chi connectivity index (χ2v) is 5.12. The number of rotatable bonds is 4. The summed E-state index contributed by atoms with van der Waals surface area (Å²) in [5, 5.41) is 2.77. The van der Waals surface area contributed by atoms with E-state index in [1.54, 1.807) is 0 Å². The van der Waals surface area contributed by atoms with Crippen LogP contribution in [0.15, 0.2) is 12.1 Å². The highest BCUT2D eigenvalue weighted by Gasteiger charge is 2.31. The lowest BCUT2D eigenvalue weighted by atomic mass is 10.1. The van der Waals surface area contributed by atoms with E-state index in [9.17, 15) is 13.2 Å². The maximum atomic E-state index is 12.6. The quantitative estimate of drug-likeness (QED) is 0.815. The number of hydrogen-bond donors (Lipinski definition) is 1. The molecular weight excluding hydrogens is 265 g/mol. The summed E-state index contributed by atoms with van der Waals surface area (Å²) in [5.74, 6) is 0.608. The highest BCUT2D eigenvalue weighted by atomic mass is 35.5. The molecule has 0 amide bonds. The Morgan fingerprint density at radius 3 is 2.39 bits per heavy atom. The minimum atomic E-state index is -4.41. The lowest BCUT2D eigenvalue weighted by Gasteiger charge is -2.17. The zero-order valence-electron chi connectivity index (χ0n) is 10.5. The molecule has 2 nitrogen and oxygen atoms in total. The number of hydrogen-bond acceptors (Lipinski definition) is 2. The number of halogens is 4. The van der Waals surface area contributed by atoms with E-state index in [1.165, 1.54) is 0 Å². The molecule has 0 aliphatic rings. The van der Waals surface area contributed by atoms with Crippen molar-refractivity contribution in [1.82, 2.24) is 4.98 Å². The van der Waals surface area contributed by atoms with Gasteiger partial charge in [-0.05, 0) is 31.4 Å². The second kappa shape index (κ2) is 5.78. The number of aromatic nitrogens is 1. The van der Waals surface area contributed by atoms with E-state index in [0.29, 0.717) is 5.92 Å². The Kier molecular flexibility index (Phi) is 4.85. The molecule has 1 aromatic heterocycles. The van der Waals surface area contributed by atoms with Crippen LogP contribution in [0.1, 0.15) is 32.8 Å². The van der Waals surface area contributed by atoms with E-state index >= 15 is 0 Å². The minimum absolute atomic E-state index is 0.0389. The van der Waals surface area contributed by atoms with E-state index in [0.717, 1.165) is 18.6 Å². The van der Waals surface area contributed by atoms with Crippen LogP contribution in [0.2, 0.25) is 5.15 Å². The van der Waals surface area contributed by atoms with Crippen LogP contribution in [-0.2, 0) is 6.18 Å². The van der Waals surface area contributed by atoms with Crippen LogP contribution in [0, 0.1) is 5.92 Å². The fraction of sp³-hybridized carbons (Fsp3) is 0.583. The van der Waals surface area contributed by atoms with Gasteiger partial charge in [-0.15, -0.1) is 0 Å². The van der Waals surface area contributed by atoms with E-state index in [4.69, 9.17) is 11.6 Å². The van der Waals surface area contributed by atoms with Gasteiger partial charge < -0.3 is 5.32 Å². The smallest absolute Gasteiger partial charge is 0.368 e. The van der Waals surface area contributed by atoms with E-state index in [-0.39, 0.29) is 17.0 Å². The first-order valence-corrected chi connectivity index (χ1v) is 6.07. The normalized spacial score (nSPS) is 13.8. The van der Waals surface area contributed by atoms with Crippen LogP contribution in [0.5, 0.6) is 0 Å². The molecular formula is C12H16ClF3N2. The molecule has 0 aliphatic carbocycles. The molecule has 0 aromatic carbocycles. The Labute approximate surface area is 110 Å². The average molecular weight is 281 g/mol. The molecule has 0 aliphatic heterocycles. The number of pyridine rings is 1. The van der Waals surface area contributed by atoms with Crippen molar-refractivity contribution in [3.05, 3.63) is 22.8 Å². The van der Waals surface area contributed by atoms with Gasteiger partial charge in [0.15, 0.2) is 0 Å². The zero-order valence-corrected chi connectivity index (χ0v) is 11.2. The topological polar surface area (TPSA) is 24.9 Å². The maximum absolute atomic E-state index is 12.6. The molecule has 0 spiro atoms. The summed E-state index contributed by atoms with van der Waals surface area (Å²) in [6.45, 7) is 5.99. The Morgan fingerprint density at radius 2 is 1.89 bits per heavy atom. The average Bonchev–Trinajstić information content (AvgIpc) is 2.13. The minimum Gasteiger partial charge on any atom is -0.368 e. The Balaban J connectivity index is 2.87. The first kappa shape index (κ1) is 15.1. The van der Waals surface area contributed by atoms with Gasteiger partial charge in [-0.1, -0.05) is 25.4 Å². The molecule has 1 aromatic rings. The second-order valence-electron chi connectivity index (χ2n) is 4.74. The van der Waals surface area contributed by atoms with Crippen molar-refractivity contribution in [3.63, 3.8) is 0 Å². The molecule has 18 heavy (non-hydrogen) atoms. The molecule has 1 N–H and O–H groups in total. The monoisotopic (exact) mass is 280 g/mol. The molecule has 1 heterocycles. The van der Waals surface area contributed by atoms with Crippen molar-refractivity contribution in [2.75, 3.05) is 5.32 Å². The van der Waals surface area contributed by atoms with Gasteiger partial charge >= 0.3 is 6.18 Å². The summed E-state index contributed by atoms with van der Waals surface area (Å²) >= 11 is 5.59. The van der Waals surface area contributed by atoms with Crippen molar-refractivity contribution < 1.29 is 13.2 Å². The van der Waals surface area contributed by atoms with Crippen molar-refractivity contribution in [2.45, 2.75) is 39.4 Å². The summed E-state index contributed by atoms with van der Waals surface area (Å²) < 4.78 is 37.7. The SMILES string of the molecule is CC(C)CC(C)Nc1cc(C(F)(F)F)cc(Cl)n1. The van der Waals surface area contributed by atoms with E-state index < -0.39 is 11.7 Å². The molecule has 0 bridgehead atoms. The van der Waals surface area contributed by atoms with Gasteiger partial charge in [0.1, 0.15) is 11.0 Å². The van der Waals surface area contributed by atoms with Crippen LogP contribution < -0.4 is 5.32 Å². The highest BCUT2D eigenvalue weighted by Crippen LogP contribution is 2.32. The molecule has 6 heteroatoms. The third-order valence-electron chi connectivity index (χ3n) is 2.34. The lowest BCUT2D eigenvalue weighted by Crippen LogP contribution is -2.19. The number of nitrogens with zero attached hydrogens (tertiary/aromatic N) is 1. The summed E-state index contributed by atoms with van der Waals surface area (Å²) in [7, 11) is 0. The van der Waals surface area contributed by atoms with Gasteiger partial charge in [0.2, 0.25) is 0 Å². The summed E-state index contributed by atoms with van der Waals surface area (Å²) in [6, 6.07) is 1.83. The first-order chi connectivity index (χ1) is 8.18. The van der Waals surface area contributed by atoms with Crippen molar-refractivity contribution >= 4 is 17.4 Å². The fourth-order valence-corrected chi connectivity index (χ4v) is 1.96. The predicted molar refractivity (Wildman–Crippen MR) is 66.8 cm³/mol. The summed E-state index contributed by atoms with van der Waals surface area (Å²) in [5.41, 5.74) is -0.790. The Hall–Kier alpha value is -0.970. The van der Waals surface area contributed by atoms with Crippen molar-refractivity contribution in [2.24, 2.45) is 5.92 Å². The molecule has 1 atom stereocenters. The molecule has 0 saturated carbocycles. The van der Waals surface area contributed by atoms with Gasteiger partial charge in [-0.2, -0.15) is 13.2 Å². The third kappa shape index (κ3) is 4.72. The summed E-state index contributed by atoms with van der Waals surface area (Å²) in [4.78, 5) is 3.85. The molecule has 1 rings (SSSR count).